The molecule has 0 N–H and O–H groups in total. The second-order valence-electron chi connectivity index (χ2n) is 3.85. The average Bonchev–Trinajstić information content (AvgIpc) is 2.15. The van der Waals surface area contributed by atoms with Gasteiger partial charge in [0, 0.05) is 26.3 Å². The number of alkyl halides is 1. The van der Waals surface area contributed by atoms with Crippen molar-refractivity contribution in [1.29, 1.82) is 0 Å². The van der Waals surface area contributed by atoms with Gasteiger partial charge in [-0.2, -0.15) is 0 Å². The van der Waals surface area contributed by atoms with E-state index in [0.717, 1.165) is 25.7 Å². The van der Waals surface area contributed by atoms with Crippen molar-refractivity contribution >= 4 is 22.4 Å². The van der Waals surface area contributed by atoms with E-state index in [9.17, 15) is 4.21 Å². The Labute approximate surface area is 90.1 Å². The monoisotopic (exact) mass is 233 g/mol. The predicted octanol–water partition coefficient (Wildman–Crippen LogP) is 2.35. The van der Waals surface area contributed by atoms with Gasteiger partial charge in [0.25, 0.3) is 0 Å². The molecule has 0 aromatic heterocycles. The molecule has 14 heavy (non-hydrogen) atoms. The predicted molar refractivity (Wildman–Crippen MR) is 56.8 cm³/mol. The van der Waals surface area contributed by atoms with Crippen molar-refractivity contribution in [2.75, 3.05) is 0 Å². The van der Waals surface area contributed by atoms with E-state index in [1.54, 1.807) is 0 Å². The molecule has 78 valence electrons. The fourth-order valence-corrected chi connectivity index (χ4v) is 5.03. The van der Waals surface area contributed by atoms with E-state index in [1.807, 2.05) is 0 Å². The molecule has 0 saturated carbocycles. The summed E-state index contributed by atoms with van der Waals surface area (Å²) in [5.41, 5.74) is 8.39. The molecule has 2 aliphatic heterocycles. The zero-order valence-electron chi connectivity index (χ0n) is 7.67. The van der Waals surface area contributed by atoms with Crippen LogP contribution in [-0.4, -0.2) is 26.1 Å². The van der Waals surface area contributed by atoms with Crippen molar-refractivity contribution in [3.8, 4) is 0 Å². The van der Waals surface area contributed by atoms with Crippen LogP contribution in [0.1, 0.15) is 25.7 Å². The van der Waals surface area contributed by atoms with Crippen molar-refractivity contribution in [2.24, 2.45) is 5.11 Å². The van der Waals surface area contributed by atoms with E-state index in [1.165, 1.54) is 0 Å². The lowest BCUT2D eigenvalue weighted by atomic mass is 9.95. The van der Waals surface area contributed by atoms with Crippen LogP contribution >= 0.6 is 11.6 Å². The maximum Gasteiger partial charge on any atom is 0.0518 e. The molecule has 5 atom stereocenters. The molecule has 0 aliphatic carbocycles. The number of rotatable bonds is 1. The first kappa shape index (κ1) is 10.3. The maximum absolute atomic E-state index is 11.9. The Balaban J connectivity index is 2.19. The lowest BCUT2D eigenvalue weighted by Crippen LogP contribution is -2.48. The van der Waals surface area contributed by atoms with Crippen LogP contribution in [0.15, 0.2) is 5.11 Å². The van der Waals surface area contributed by atoms with E-state index in [4.69, 9.17) is 17.1 Å². The van der Waals surface area contributed by atoms with Crippen LogP contribution in [-0.2, 0) is 10.8 Å². The number of azide groups is 1. The molecular weight excluding hydrogens is 222 g/mol. The van der Waals surface area contributed by atoms with Crippen molar-refractivity contribution in [3.63, 3.8) is 0 Å². The first-order chi connectivity index (χ1) is 6.74. The van der Waals surface area contributed by atoms with Crippen LogP contribution in [0.25, 0.3) is 10.4 Å². The Morgan fingerprint density at radius 3 is 2.71 bits per heavy atom. The summed E-state index contributed by atoms with van der Waals surface area (Å²) in [6.45, 7) is 0. The number of nitrogens with zero attached hydrogens (tertiary/aromatic N) is 3. The minimum atomic E-state index is -0.894. The molecule has 0 aromatic rings. The SMILES string of the molecule is [N-]=[N+]=N[C@@H]1CC[C@@H]2[C@H](Cl)CCC1S2=O. The fourth-order valence-electron chi connectivity index (χ4n) is 2.36. The molecule has 2 unspecified atom stereocenters. The van der Waals surface area contributed by atoms with Gasteiger partial charge in [-0.1, -0.05) is 5.11 Å². The number of hydrogen-bond donors (Lipinski definition) is 0. The quantitative estimate of drug-likeness (QED) is 0.297. The largest absolute Gasteiger partial charge is 0.259 e. The topological polar surface area (TPSA) is 65.8 Å². The van der Waals surface area contributed by atoms with Gasteiger partial charge in [-0.3, -0.25) is 4.21 Å². The number of fused-ring (bicyclic) bond motifs is 2. The molecule has 0 spiro atoms. The molecule has 0 aromatic carbocycles. The lowest BCUT2D eigenvalue weighted by molar-refractivity contribution is 0.425. The summed E-state index contributed by atoms with van der Waals surface area (Å²) in [5.74, 6) is 0. The summed E-state index contributed by atoms with van der Waals surface area (Å²) < 4.78 is 11.9. The van der Waals surface area contributed by atoms with Crippen molar-refractivity contribution in [3.05, 3.63) is 10.4 Å². The second kappa shape index (κ2) is 4.09. The van der Waals surface area contributed by atoms with Gasteiger partial charge < -0.3 is 0 Å². The molecule has 0 radical (unpaired) electrons. The standard InChI is InChI=1S/C8H12ClN3OS/c9-5-1-3-8-6(11-12-10)2-4-7(5)14(8)13/h5-8H,1-4H2/t5-,6-,7-,8?,14?/m1/s1. The van der Waals surface area contributed by atoms with Crippen molar-refractivity contribution < 1.29 is 4.21 Å². The molecule has 2 saturated heterocycles. The Bertz CT molecular complexity index is 305. The van der Waals surface area contributed by atoms with E-state index in [2.05, 4.69) is 10.0 Å². The summed E-state index contributed by atoms with van der Waals surface area (Å²) >= 11 is 6.11. The second-order valence-corrected chi connectivity index (χ2v) is 6.28. The summed E-state index contributed by atoms with van der Waals surface area (Å²) in [7, 11) is -0.894. The van der Waals surface area contributed by atoms with Crippen LogP contribution in [0, 0.1) is 0 Å². The molecule has 2 fully saturated rings. The minimum absolute atomic E-state index is 0.0547. The first-order valence-corrected chi connectivity index (χ1v) is 6.53. The zero-order chi connectivity index (χ0) is 10.1. The van der Waals surface area contributed by atoms with Crippen LogP contribution in [0.3, 0.4) is 0 Å². The van der Waals surface area contributed by atoms with Gasteiger partial charge in [0.15, 0.2) is 0 Å². The maximum atomic E-state index is 11.9. The van der Waals surface area contributed by atoms with Gasteiger partial charge in [-0.05, 0) is 31.2 Å². The van der Waals surface area contributed by atoms with E-state index in [-0.39, 0.29) is 21.9 Å². The van der Waals surface area contributed by atoms with Crippen LogP contribution < -0.4 is 0 Å². The molecular formula is C8H12ClN3OS. The van der Waals surface area contributed by atoms with Crippen molar-refractivity contribution in [1.82, 2.24) is 0 Å². The highest BCUT2D eigenvalue weighted by atomic mass is 35.5. The summed E-state index contributed by atoms with van der Waals surface area (Å²) in [6, 6.07) is -0.0683. The summed E-state index contributed by atoms with van der Waals surface area (Å²) in [6.07, 6.45) is 3.41. The molecule has 0 amide bonds. The number of hydrogen-bond acceptors (Lipinski definition) is 2. The smallest absolute Gasteiger partial charge is 0.0518 e. The molecule has 6 heteroatoms. The van der Waals surface area contributed by atoms with Crippen LogP contribution in [0.5, 0.6) is 0 Å². The first-order valence-electron chi connectivity index (χ1n) is 4.81. The third-order valence-electron chi connectivity index (χ3n) is 3.10. The van der Waals surface area contributed by atoms with Crippen LogP contribution in [0.4, 0.5) is 0 Å². The van der Waals surface area contributed by atoms with Gasteiger partial charge in [0.05, 0.1) is 11.3 Å². The van der Waals surface area contributed by atoms with Crippen molar-refractivity contribution in [2.45, 2.75) is 47.6 Å². The van der Waals surface area contributed by atoms with Gasteiger partial charge in [0.2, 0.25) is 0 Å². The molecule has 2 rings (SSSR count). The van der Waals surface area contributed by atoms with Gasteiger partial charge in [-0.25, -0.2) is 0 Å². The normalized spacial score (nSPS) is 46.8. The Kier molecular flexibility index (Phi) is 3.00. The van der Waals surface area contributed by atoms with E-state index < -0.39 is 10.8 Å². The third-order valence-corrected chi connectivity index (χ3v) is 6.08. The minimum Gasteiger partial charge on any atom is -0.259 e. The summed E-state index contributed by atoms with van der Waals surface area (Å²) in [5, 5.41) is 3.96. The Morgan fingerprint density at radius 1 is 1.29 bits per heavy atom. The average molecular weight is 234 g/mol. The van der Waals surface area contributed by atoms with Gasteiger partial charge in [0.1, 0.15) is 0 Å². The zero-order valence-corrected chi connectivity index (χ0v) is 9.25. The summed E-state index contributed by atoms with van der Waals surface area (Å²) in [4.78, 5) is 2.82. The lowest BCUT2D eigenvalue weighted by Gasteiger charge is -2.39. The highest BCUT2D eigenvalue weighted by Gasteiger charge is 2.43. The fraction of sp³-hybridized carbons (Fsp3) is 1.00. The molecule has 2 bridgehead atoms. The van der Waals surface area contributed by atoms with E-state index >= 15 is 0 Å². The highest BCUT2D eigenvalue weighted by Crippen LogP contribution is 2.37. The highest BCUT2D eigenvalue weighted by molar-refractivity contribution is 7.86. The van der Waals surface area contributed by atoms with Crippen LogP contribution in [0.2, 0.25) is 0 Å². The molecule has 2 heterocycles. The number of halogens is 1. The molecule has 2 aliphatic rings. The van der Waals surface area contributed by atoms with Gasteiger partial charge >= 0.3 is 0 Å². The molecule has 4 nitrogen and oxygen atoms in total. The third kappa shape index (κ3) is 1.64. The van der Waals surface area contributed by atoms with Gasteiger partial charge in [-0.15, -0.1) is 11.6 Å². The Morgan fingerprint density at radius 2 is 2.00 bits per heavy atom. The van der Waals surface area contributed by atoms with E-state index in [0.29, 0.717) is 0 Å². The Hall–Kier alpha value is -0.250.